The third kappa shape index (κ3) is 4.73. The van der Waals surface area contributed by atoms with Gasteiger partial charge in [0.05, 0.1) is 17.6 Å². The van der Waals surface area contributed by atoms with Crippen LogP contribution in [0.5, 0.6) is 0 Å². The first kappa shape index (κ1) is 22.3. The second kappa shape index (κ2) is 9.77. The highest BCUT2D eigenvalue weighted by Gasteiger charge is 2.26. The van der Waals surface area contributed by atoms with E-state index in [4.69, 9.17) is 4.98 Å². The molecule has 2 heterocycles. The topological polar surface area (TPSA) is 50.2 Å². The molecule has 1 aliphatic heterocycles. The van der Waals surface area contributed by atoms with Gasteiger partial charge < -0.3 is 5.32 Å². The fourth-order valence-electron chi connectivity index (χ4n) is 4.75. The summed E-state index contributed by atoms with van der Waals surface area (Å²) >= 11 is 0. The summed E-state index contributed by atoms with van der Waals surface area (Å²) in [4.78, 5) is 20.0. The molecule has 0 bridgehead atoms. The molecule has 6 heteroatoms. The molecule has 0 saturated carbocycles. The number of benzene rings is 3. The Balaban J connectivity index is 1.25. The van der Waals surface area contributed by atoms with Crippen LogP contribution in [0, 0.1) is 18.7 Å². The molecule has 5 rings (SSSR count). The standard InChI is InChI=1S/C28H29FN4O/c1-20-6-2-3-7-22(20)18-30-28(34)21-14-16-32(17-15-21)19-27-31-25-8-4-5-9-26(25)33(27)24-12-10-23(29)11-13-24/h2-13,21H,14-19H2,1H3,(H,30,34). The van der Waals surface area contributed by atoms with Gasteiger partial charge in [0.25, 0.3) is 0 Å². The molecule has 5 nitrogen and oxygen atoms in total. The van der Waals surface area contributed by atoms with E-state index >= 15 is 0 Å². The summed E-state index contributed by atoms with van der Waals surface area (Å²) in [6.07, 6.45) is 1.66. The van der Waals surface area contributed by atoms with Gasteiger partial charge in [0.1, 0.15) is 11.6 Å². The summed E-state index contributed by atoms with van der Waals surface area (Å²) < 4.78 is 15.6. The van der Waals surface area contributed by atoms with Gasteiger partial charge >= 0.3 is 0 Å². The Morgan fingerprint density at radius 2 is 1.71 bits per heavy atom. The van der Waals surface area contributed by atoms with Gasteiger partial charge in [-0.1, -0.05) is 36.4 Å². The number of para-hydroxylation sites is 2. The van der Waals surface area contributed by atoms with Crippen LogP contribution in [0.1, 0.15) is 29.8 Å². The van der Waals surface area contributed by atoms with Crippen molar-refractivity contribution in [1.29, 1.82) is 0 Å². The Morgan fingerprint density at radius 3 is 2.47 bits per heavy atom. The van der Waals surface area contributed by atoms with E-state index in [0.717, 1.165) is 54.0 Å². The van der Waals surface area contributed by atoms with E-state index in [9.17, 15) is 9.18 Å². The third-order valence-corrected chi connectivity index (χ3v) is 6.75. The van der Waals surface area contributed by atoms with Crippen molar-refractivity contribution >= 4 is 16.9 Å². The number of aryl methyl sites for hydroxylation is 1. The average molecular weight is 457 g/mol. The first-order chi connectivity index (χ1) is 16.6. The van der Waals surface area contributed by atoms with E-state index in [0.29, 0.717) is 13.1 Å². The zero-order valence-corrected chi connectivity index (χ0v) is 19.4. The predicted molar refractivity (Wildman–Crippen MR) is 132 cm³/mol. The first-order valence-electron chi connectivity index (χ1n) is 11.9. The second-order valence-corrected chi connectivity index (χ2v) is 9.02. The zero-order chi connectivity index (χ0) is 23.5. The third-order valence-electron chi connectivity index (χ3n) is 6.75. The van der Waals surface area contributed by atoms with Gasteiger partial charge in [-0.2, -0.15) is 0 Å². The summed E-state index contributed by atoms with van der Waals surface area (Å²) in [5.74, 6) is 0.852. The van der Waals surface area contributed by atoms with Crippen LogP contribution in [-0.2, 0) is 17.9 Å². The number of likely N-dealkylation sites (tertiary alicyclic amines) is 1. The number of amides is 1. The smallest absolute Gasteiger partial charge is 0.223 e. The normalized spacial score (nSPS) is 15.0. The molecule has 174 valence electrons. The maximum absolute atomic E-state index is 13.5. The highest BCUT2D eigenvalue weighted by Crippen LogP contribution is 2.25. The Kier molecular flexibility index (Phi) is 6.41. The lowest BCUT2D eigenvalue weighted by atomic mass is 9.95. The molecule has 0 radical (unpaired) electrons. The molecule has 0 spiro atoms. The molecule has 1 aliphatic rings. The summed E-state index contributed by atoms with van der Waals surface area (Å²) in [6.45, 7) is 5.01. The summed E-state index contributed by atoms with van der Waals surface area (Å²) in [6, 6.07) is 22.7. The molecular weight excluding hydrogens is 427 g/mol. The van der Waals surface area contributed by atoms with Crippen molar-refractivity contribution in [1.82, 2.24) is 19.8 Å². The SMILES string of the molecule is Cc1ccccc1CNC(=O)C1CCN(Cc2nc3ccccc3n2-c2ccc(F)cc2)CC1. The summed E-state index contributed by atoms with van der Waals surface area (Å²) in [5, 5.41) is 3.12. The van der Waals surface area contributed by atoms with E-state index in [2.05, 4.69) is 33.8 Å². The van der Waals surface area contributed by atoms with Gasteiger partial charge in [-0.25, -0.2) is 9.37 Å². The van der Waals surface area contributed by atoms with Crippen LogP contribution in [0.25, 0.3) is 16.7 Å². The molecule has 1 amide bonds. The number of halogens is 1. The maximum atomic E-state index is 13.5. The lowest BCUT2D eigenvalue weighted by Gasteiger charge is -2.31. The number of imidazole rings is 1. The highest BCUT2D eigenvalue weighted by atomic mass is 19.1. The fourth-order valence-corrected chi connectivity index (χ4v) is 4.75. The molecule has 3 aromatic carbocycles. The predicted octanol–water partition coefficient (Wildman–Crippen LogP) is 5.00. The maximum Gasteiger partial charge on any atom is 0.223 e. The fraction of sp³-hybridized carbons (Fsp3) is 0.286. The van der Waals surface area contributed by atoms with Crippen LogP contribution in [0.3, 0.4) is 0 Å². The number of fused-ring (bicyclic) bond motifs is 1. The van der Waals surface area contributed by atoms with Crippen LogP contribution in [0.15, 0.2) is 72.8 Å². The number of piperidine rings is 1. The molecule has 0 unspecified atom stereocenters. The first-order valence-corrected chi connectivity index (χ1v) is 11.9. The van der Waals surface area contributed by atoms with Crippen LogP contribution >= 0.6 is 0 Å². The lowest BCUT2D eigenvalue weighted by molar-refractivity contribution is -0.126. The molecular formula is C28H29FN4O. The van der Waals surface area contributed by atoms with Crippen molar-refractivity contribution < 1.29 is 9.18 Å². The van der Waals surface area contributed by atoms with Crippen molar-refractivity contribution in [3.8, 4) is 5.69 Å². The number of hydrogen-bond acceptors (Lipinski definition) is 3. The number of rotatable bonds is 6. The second-order valence-electron chi connectivity index (χ2n) is 9.02. The van der Waals surface area contributed by atoms with Crippen LogP contribution in [0.4, 0.5) is 4.39 Å². The minimum absolute atomic E-state index is 0.0381. The van der Waals surface area contributed by atoms with Crippen molar-refractivity contribution in [2.45, 2.75) is 32.9 Å². The molecule has 34 heavy (non-hydrogen) atoms. The summed E-state index contributed by atoms with van der Waals surface area (Å²) in [5.41, 5.74) is 5.19. The minimum Gasteiger partial charge on any atom is -0.352 e. The largest absolute Gasteiger partial charge is 0.352 e. The number of carbonyl (C=O) groups excluding carboxylic acids is 1. The molecule has 0 aliphatic carbocycles. The van der Waals surface area contributed by atoms with Crippen LogP contribution in [0.2, 0.25) is 0 Å². The van der Waals surface area contributed by atoms with Gasteiger partial charge in [-0.05, 0) is 80.4 Å². The average Bonchev–Trinajstić information content (AvgIpc) is 3.22. The molecule has 4 aromatic rings. The monoisotopic (exact) mass is 456 g/mol. The zero-order valence-electron chi connectivity index (χ0n) is 19.4. The van der Waals surface area contributed by atoms with E-state index in [1.807, 2.05) is 36.4 Å². The number of hydrogen-bond donors (Lipinski definition) is 1. The van der Waals surface area contributed by atoms with Crippen molar-refractivity contribution in [3.63, 3.8) is 0 Å². The quantitative estimate of drug-likeness (QED) is 0.444. The van der Waals surface area contributed by atoms with E-state index in [1.165, 1.54) is 17.7 Å². The van der Waals surface area contributed by atoms with Crippen molar-refractivity contribution in [2.75, 3.05) is 13.1 Å². The molecule has 1 N–H and O–H groups in total. The molecule has 1 aromatic heterocycles. The lowest BCUT2D eigenvalue weighted by Crippen LogP contribution is -2.40. The van der Waals surface area contributed by atoms with Gasteiger partial charge in [-0.3, -0.25) is 14.3 Å². The highest BCUT2D eigenvalue weighted by molar-refractivity contribution is 5.79. The van der Waals surface area contributed by atoms with Crippen molar-refractivity contribution in [2.24, 2.45) is 5.92 Å². The van der Waals surface area contributed by atoms with Crippen LogP contribution in [-0.4, -0.2) is 33.4 Å². The minimum atomic E-state index is -0.252. The Labute approximate surface area is 199 Å². The molecule has 1 fully saturated rings. The summed E-state index contributed by atoms with van der Waals surface area (Å²) in [7, 11) is 0. The van der Waals surface area contributed by atoms with Gasteiger partial charge in [0.2, 0.25) is 5.91 Å². The van der Waals surface area contributed by atoms with E-state index in [1.54, 1.807) is 12.1 Å². The van der Waals surface area contributed by atoms with E-state index in [-0.39, 0.29) is 17.6 Å². The van der Waals surface area contributed by atoms with E-state index < -0.39 is 0 Å². The Morgan fingerprint density at radius 1 is 1.00 bits per heavy atom. The van der Waals surface area contributed by atoms with Gasteiger partial charge in [-0.15, -0.1) is 0 Å². The molecule has 0 atom stereocenters. The van der Waals surface area contributed by atoms with Crippen molar-refractivity contribution in [3.05, 3.63) is 95.6 Å². The Hall–Kier alpha value is -3.51. The number of aromatic nitrogens is 2. The number of nitrogens with zero attached hydrogens (tertiary/aromatic N) is 3. The van der Waals surface area contributed by atoms with Gasteiger partial charge in [0.15, 0.2) is 0 Å². The molecule has 1 saturated heterocycles. The Bertz CT molecular complexity index is 1290. The van der Waals surface area contributed by atoms with Gasteiger partial charge in [0, 0.05) is 18.2 Å². The number of carbonyl (C=O) groups is 1. The van der Waals surface area contributed by atoms with Crippen LogP contribution < -0.4 is 5.32 Å². The number of nitrogens with one attached hydrogen (secondary N) is 1.